The first-order valence-electron chi connectivity index (χ1n) is 10.6. The molecule has 0 saturated carbocycles. The third-order valence-corrected chi connectivity index (χ3v) is 6.15. The molecule has 0 bridgehead atoms. The first kappa shape index (κ1) is 26.3. The predicted octanol–water partition coefficient (Wildman–Crippen LogP) is 5.09. The third-order valence-electron chi connectivity index (χ3n) is 5.82. The summed E-state index contributed by atoms with van der Waals surface area (Å²) >= 11 is 6.38. The van der Waals surface area contributed by atoms with Crippen molar-refractivity contribution in [1.29, 1.82) is 0 Å². The molecule has 35 heavy (non-hydrogen) atoms. The van der Waals surface area contributed by atoms with E-state index in [2.05, 4.69) is 0 Å². The SMILES string of the molecule is Cc1c(-c2ccccc2Cl)c(=O)n(C[C@H](N)c2ccccc2)c(=O)n1Cc1c(F)cccc1F.Cl. The Morgan fingerprint density at radius 2 is 1.49 bits per heavy atom. The van der Waals surface area contributed by atoms with Crippen LogP contribution >= 0.6 is 24.0 Å². The molecule has 0 aliphatic heterocycles. The number of nitrogens with two attached hydrogens (primary N) is 1. The van der Waals surface area contributed by atoms with Crippen molar-refractivity contribution in [3.05, 3.63) is 127 Å². The van der Waals surface area contributed by atoms with Crippen molar-refractivity contribution in [3.8, 4) is 11.1 Å². The first-order chi connectivity index (χ1) is 16.3. The Kier molecular flexibility index (Phi) is 8.27. The number of hydrogen-bond acceptors (Lipinski definition) is 3. The molecular weight excluding hydrogens is 495 g/mol. The summed E-state index contributed by atoms with van der Waals surface area (Å²) in [7, 11) is 0. The molecule has 4 aromatic rings. The quantitative estimate of drug-likeness (QED) is 0.387. The fourth-order valence-electron chi connectivity index (χ4n) is 3.97. The van der Waals surface area contributed by atoms with Gasteiger partial charge >= 0.3 is 5.69 Å². The molecule has 0 saturated heterocycles. The number of hydrogen-bond donors (Lipinski definition) is 1. The zero-order valence-electron chi connectivity index (χ0n) is 18.8. The average molecular weight is 518 g/mol. The molecule has 0 spiro atoms. The average Bonchev–Trinajstić information content (AvgIpc) is 2.83. The molecule has 0 unspecified atom stereocenters. The Hall–Kier alpha value is -3.26. The molecule has 1 heterocycles. The monoisotopic (exact) mass is 517 g/mol. The molecule has 182 valence electrons. The van der Waals surface area contributed by atoms with Crippen LogP contribution in [0.2, 0.25) is 5.02 Å². The van der Waals surface area contributed by atoms with Crippen LogP contribution in [0, 0.1) is 18.6 Å². The summed E-state index contributed by atoms with van der Waals surface area (Å²) in [6, 6.07) is 18.6. The predicted molar refractivity (Wildman–Crippen MR) is 136 cm³/mol. The number of aromatic nitrogens is 2. The second kappa shape index (κ2) is 11.0. The largest absolute Gasteiger partial charge is 0.331 e. The topological polar surface area (TPSA) is 70.0 Å². The highest BCUT2D eigenvalue weighted by Crippen LogP contribution is 2.27. The van der Waals surface area contributed by atoms with Crippen molar-refractivity contribution in [2.24, 2.45) is 5.73 Å². The van der Waals surface area contributed by atoms with E-state index in [1.54, 1.807) is 43.3 Å². The Morgan fingerprint density at radius 1 is 0.886 bits per heavy atom. The van der Waals surface area contributed by atoms with E-state index in [1.807, 2.05) is 18.2 Å². The van der Waals surface area contributed by atoms with Gasteiger partial charge < -0.3 is 5.73 Å². The Bertz CT molecular complexity index is 1450. The second-order valence-corrected chi connectivity index (χ2v) is 8.35. The normalized spacial score (nSPS) is 11.7. The van der Waals surface area contributed by atoms with E-state index in [4.69, 9.17) is 17.3 Å². The van der Waals surface area contributed by atoms with Crippen LogP contribution in [0.3, 0.4) is 0 Å². The van der Waals surface area contributed by atoms with Gasteiger partial charge in [-0.15, -0.1) is 12.4 Å². The van der Waals surface area contributed by atoms with Gasteiger partial charge in [0, 0.05) is 27.9 Å². The molecule has 2 N–H and O–H groups in total. The zero-order chi connectivity index (χ0) is 24.4. The van der Waals surface area contributed by atoms with Crippen molar-refractivity contribution in [2.75, 3.05) is 0 Å². The van der Waals surface area contributed by atoms with Crippen molar-refractivity contribution in [2.45, 2.75) is 26.1 Å². The number of rotatable bonds is 6. The molecule has 1 aromatic heterocycles. The van der Waals surface area contributed by atoms with E-state index < -0.39 is 35.5 Å². The van der Waals surface area contributed by atoms with E-state index in [0.29, 0.717) is 10.6 Å². The van der Waals surface area contributed by atoms with E-state index >= 15 is 0 Å². The summed E-state index contributed by atoms with van der Waals surface area (Å²) in [4.78, 5) is 27.0. The summed E-state index contributed by atoms with van der Waals surface area (Å²) in [5, 5.41) is 0.309. The van der Waals surface area contributed by atoms with Crippen LogP contribution in [0.5, 0.6) is 0 Å². The lowest BCUT2D eigenvalue weighted by molar-refractivity contribution is 0.493. The fraction of sp³-hybridized carbons (Fsp3) is 0.154. The van der Waals surface area contributed by atoms with Gasteiger partial charge in [-0.2, -0.15) is 0 Å². The Balaban J connectivity index is 0.00000342. The van der Waals surface area contributed by atoms with Crippen LogP contribution in [0.15, 0.2) is 82.4 Å². The maximum Gasteiger partial charge on any atom is 0.331 e. The fourth-order valence-corrected chi connectivity index (χ4v) is 4.20. The maximum atomic E-state index is 14.4. The van der Waals surface area contributed by atoms with Gasteiger partial charge in [-0.1, -0.05) is 66.2 Å². The highest BCUT2D eigenvalue weighted by atomic mass is 35.5. The van der Waals surface area contributed by atoms with Crippen LogP contribution < -0.4 is 17.0 Å². The van der Waals surface area contributed by atoms with Gasteiger partial charge in [-0.3, -0.25) is 13.9 Å². The van der Waals surface area contributed by atoms with Crippen LogP contribution in [-0.2, 0) is 13.1 Å². The van der Waals surface area contributed by atoms with Crippen molar-refractivity contribution >= 4 is 24.0 Å². The molecule has 0 fully saturated rings. The molecule has 0 aliphatic carbocycles. The minimum Gasteiger partial charge on any atom is -0.322 e. The molecule has 3 aromatic carbocycles. The highest BCUT2D eigenvalue weighted by Gasteiger charge is 2.22. The van der Waals surface area contributed by atoms with Crippen LogP contribution in [-0.4, -0.2) is 9.13 Å². The van der Waals surface area contributed by atoms with Crippen molar-refractivity contribution in [1.82, 2.24) is 9.13 Å². The van der Waals surface area contributed by atoms with Crippen LogP contribution in [0.1, 0.15) is 22.9 Å². The van der Waals surface area contributed by atoms with E-state index in [9.17, 15) is 18.4 Å². The van der Waals surface area contributed by atoms with E-state index in [-0.39, 0.29) is 35.8 Å². The Morgan fingerprint density at radius 3 is 2.11 bits per heavy atom. The molecule has 0 aliphatic rings. The van der Waals surface area contributed by atoms with E-state index in [1.165, 1.54) is 10.6 Å². The molecule has 5 nitrogen and oxygen atoms in total. The van der Waals surface area contributed by atoms with Crippen LogP contribution in [0.25, 0.3) is 11.1 Å². The summed E-state index contributed by atoms with van der Waals surface area (Å²) in [6.45, 7) is 1.03. The molecule has 9 heteroatoms. The van der Waals surface area contributed by atoms with Crippen molar-refractivity contribution < 1.29 is 8.78 Å². The number of benzene rings is 3. The zero-order valence-corrected chi connectivity index (χ0v) is 20.3. The third kappa shape index (κ3) is 5.22. The van der Waals surface area contributed by atoms with Gasteiger partial charge in [-0.25, -0.2) is 13.6 Å². The summed E-state index contributed by atoms with van der Waals surface area (Å²) in [6.07, 6.45) is 0. The van der Waals surface area contributed by atoms with Gasteiger partial charge in [0.15, 0.2) is 0 Å². The van der Waals surface area contributed by atoms with Crippen LogP contribution in [0.4, 0.5) is 8.78 Å². The summed E-state index contributed by atoms with van der Waals surface area (Å²) in [5.41, 5.74) is 6.31. The maximum absolute atomic E-state index is 14.4. The highest BCUT2D eigenvalue weighted by molar-refractivity contribution is 6.33. The molecule has 0 amide bonds. The molecule has 1 atom stereocenters. The van der Waals surface area contributed by atoms with Gasteiger partial charge in [-0.05, 0) is 30.7 Å². The first-order valence-corrected chi connectivity index (χ1v) is 11.0. The number of halogens is 4. The van der Waals surface area contributed by atoms with Gasteiger partial charge in [0.25, 0.3) is 5.56 Å². The summed E-state index contributed by atoms with van der Waals surface area (Å²) in [5.74, 6) is -1.58. The van der Waals surface area contributed by atoms with Gasteiger partial charge in [0.05, 0.1) is 18.7 Å². The lowest BCUT2D eigenvalue weighted by Gasteiger charge is -2.20. The van der Waals surface area contributed by atoms with Gasteiger partial charge in [0.2, 0.25) is 0 Å². The van der Waals surface area contributed by atoms with Gasteiger partial charge in [0.1, 0.15) is 11.6 Å². The standard InChI is InChI=1S/C26H22ClF2N3O2.ClH/c1-16-24(18-10-5-6-11-20(18)27)25(33)32(15-23(30)17-8-3-2-4-9-17)26(34)31(16)14-19-21(28)12-7-13-22(19)29;/h2-13,23H,14-15,30H2,1H3;1H/t23-;/m0./s1. The molecule has 0 radical (unpaired) electrons. The Labute approximate surface area is 211 Å². The molecular formula is C26H23Cl2F2N3O2. The number of nitrogens with zero attached hydrogens (tertiary/aromatic N) is 2. The summed E-state index contributed by atoms with van der Waals surface area (Å²) < 4.78 is 31.0. The smallest absolute Gasteiger partial charge is 0.322 e. The van der Waals surface area contributed by atoms with E-state index in [0.717, 1.165) is 22.3 Å². The lowest BCUT2D eigenvalue weighted by atomic mass is 10.0. The minimum atomic E-state index is -0.788. The molecule has 4 rings (SSSR count). The van der Waals surface area contributed by atoms with Crippen molar-refractivity contribution in [3.63, 3.8) is 0 Å². The second-order valence-electron chi connectivity index (χ2n) is 7.94. The minimum absolute atomic E-state index is 0. The lowest BCUT2D eigenvalue weighted by Crippen LogP contribution is -2.44.